The van der Waals surface area contributed by atoms with Gasteiger partial charge in [0.05, 0.1) is 5.41 Å². The molecular formula is C15H29NO2. The molecule has 1 rings (SSSR count). The highest BCUT2D eigenvalue weighted by atomic mass is 16.4. The zero-order chi connectivity index (χ0) is 13.8. The van der Waals surface area contributed by atoms with Crippen molar-refractivity contribution in [3.8, 4) is 0 Å². The van der Waals surface area contributed by atoms with Crippen molar-refractivity contribution in [2.45, 2.75) is 53.4 Å². The number of hydrogen-bond donors (Lipinski definition) is 1. The normalized spacial score (nSPS) is 22.1. The molecule has 18 heavy (non-hydrogen) atoms. The Morgan fingerprint density at radius 2 is 1.94 bits per heavy atom. The van der Waals surface area contributed by atoms with Crippen LogP contribution in [0.1, 0.15) is 53.4 Å². The minimum absolute atomic E-state index is 0.570. The van der Waals surface area contributed by atoms with Gasteiger partial charge in [0.1, 0.15) is 0 Å². The number of carboxylic acid groups (broad SMARTS) is 1. The van der Waals surface area contributed by atoms with Crippen LogP contribution in [0.3, 0.4) is 0 Å². The fourth-order valence-electron chi connectivity index (χ4n) is 3.08. The second-order valence-corrected chi connectivity index (χ2v) is 6.47. The highest BCUT2D eigenvalue weighted by molar-refractivity contribution is 5.74. The van der Waals surface area contributed by atoms with Crippen LogP contribution in [0.15, 0.2) is 0 Å². The molecule has 1 saturated heterocycles. The zero-order valence-electron chi connectivity index (χ0n) is 12.4. The average molecular weight is 255 g/mol. The minimum atomic E-state index is -0.643. The molecule has 1 atom stereocenters. The summed E-state index contributed by atoms with van der Waals surface area (Å²) in [6.07, 6.45) is 4.15. The lowest BCUT2D eigenvalue weighted by Crippen LogP contribution is -2.45. The lowest BCUT2D eigenvalue weighted by molar-refractivity contribution is -0.149. The molecule has 106 valence electrons. The Morgan fingerprint density at radius 3 is 2.33 bits per heavy atom. The van der Waals surface area contributed by atoms with E-state index in [4.69, 9.17) is 0 Å². The van der Waals surface area contributed by atoms with Crippen molar-refractivity contribution in [2.75, 3.05) is 19.6 Å². The second kappa shape index (κ2) is 6.55. The van der Waals surface area contributed by atoms with E-state index in [-0.39, 0.29) is 0 Å². The summed E-state index contributed by atoms with van der Waals surface area (Å²) in [6, 6.07) is 0. The maximum atomic E-state index is 11.4. The molecule has 1 aliphatic rings. The predicted molar refractivity (Wildman–Crippen MR) is 74.7 cm³/mol. The molecule has 0 spiro atoms. The Labute approximate surface area is 112 Å². The van der Waals surface area contributed by atoms with E-state index in [9.17, 15) is 9.90 Å². The highest BCUT2D eigenvalue weighted by Crippen LogP contribution is 2.29. The Bertz CT molecular complexity index is 270. The summed E-state index contributed by atoms with van der Waals surface area (Å²) < 4.78 is 0. The molecule has 1 fully saturated rings. The van der Waals surface area contributed by atoms with Crippen molar-refractivity contribution in [1.82, 2.24) is 4.90 Å². The van der Waals surface area contributed by atoms with Crippen molar-refractivity contribution in [3.63, 3.8) is 0 Å². The van der Waals surface area contributed by atoms with Gasteiger partial charge >= 0.3 is 5.97 Å². The fraction of sp³-hybridized carbons (Fsp3) is 0.933. The third-order valence-corrected chi connectivity index (χ3v) is 4.47. The molecule has 1 aliphatic heterocycles. The quantitative estimate of drug-likeness (QED) is 0.792. The smallest absolute Gasteiger partial charge is 0.310 e. The number of piperidine rings is 1. The van der Waals surface area contributed by atoms with Crippen molar-refractivity contribution in [2.24, 2.45) is 17.3 Å². The van der Waals surface area contributed by atoms with Gasteiger partial charge < -0.3 is 10.0 Å². The maximum Gasteiger partial charge on any atom is 0.310 e. The van der Waals surface area contributed by atoms with Gasteiger partial charge in [-0.15, -0.1) is 0 Å². The van der Waals surface area contributed by atoms with E-state index in [0.29, 0.717) is 6.54 Å². The van der Waals surface area contributed by atoms with E-state index in [1.165, 1.54) is 12.8 Å². The van der Waals surface area contributed by atoms with E-state index in [2.05, 4.69) is 25.7 Å². The zero-order valence-corrected chi connectivity index (χ0v) is 12.4. The largest absolute Gasteiger partial charge is 0.481 e. The van der Waals surface area contributed by atoms with Gasteiger partial charge in [0, 0.05) is 6.54 Å². The standard InChI is InChI=1S/C15H29NO2/c1-5-8-15(4,14(17)18)11-16-9-6-13(7-10-16)12(2)3/h12-13H,5-11H2,1-4H3,(H,17,18). The molecule has 0 aromatic rings. The average Bonchev–Trinajstić information content (AvgIpc) is 2.29. The highest BCUT2D eigenvalue weighted by Gasteiger charge is 2.35. The molecule has 1 unspecified atom stereocenters. The van der Waals surface area contributed by atoms with Gasteiger partial charge in [0.15, 0.2) is 0 Å². The van der Waals surface area contributed by atoms with E-state index in [1.54, 1.807) is 0 Å². The Hall–Kier alpha value is -0.570. The van der Waals surface area contributed by atoms with Gasteiger partial charge in [-0.1, -0.05) is 27.2 Å². The van der Waals surface area contributed by atoms with Crippen molar-refractivity contribution in [3.05, 3.63) is 0 Å². The minimum Gasteiger partial charge on any atom is -0.481 e. The summed E-state index contributed by atoms with van der Waals surface area (Å²) in [7, 11) is 0. The fourth-order valence-corrected chi connectivity index (χ4v) is 3.08. The van der Waals surface area contributed by atoms with Crippen LogP contribution in [-0.2, 0) is 4.79 Å². The number of carbonyl (C=O) groups is 1. The predicted octanol–water partition coefficient (Wildman–Crippen LogP) is 3.25. The molecule has 1 heterocycles. The van der Waals surface area contributed by atoms with E-state index in [1.807, 2.05) is 6.92 Å². The summed E-state index contributed by atoms with van der Waals surface area (Å²) >= 11 is 0. The first-order chi connectivity index (χ1) is 8.39. The first kappa shape index (κ1) is 15.5. The number of aliphatic carboxylic acids is 1. The summed E-state index contributed by atoms with van der Waals surface area (Å²) in [5, 5.41) is 9.41. The molecule has 0 aromatic carbocycles. The number of nitrogens with zero attached hydrogens (tertiary/aromatic N) is 1. The topological polar surface area (TPSA) is 40.5 Å². The summed E-state index contributed by atoms with van der Waals surface area (Å²) in [5.74, 6) is 0.937. The lowest BCUT2D eigenvalue weighted by atomic mass is 9.82. The number of likely N-dealkylation sites (tertiary alicyclic amines) is 1. The van der Waals surface area contributed by atoms with Crippen molar-refractivity contribution >= 4 is 5.97 Å². The van der Waals surface area contributed by atoms with Crippen LogP contribution < -0.4 is 0 Å². The molecule has 0 amide bonds. The summed E-state index contributed by atoms with van der Waals surface area (Å²) in [5.41, 5.74) is -0.570. The lowest BCUT2D eigenvalue weighted by Gasteiger charge is -2.38. The van der Waals surface area contributed by atoms with Crippen molar-refractivity contribution in [1.29, 1.82) is 0 Å². The third-order valence-electron chi connectivity index (χ3n) is 4.47. The van der Waals surface area contributed by atoms with Gasteiger partial charge in [-0.3, -0.25) is 4.79 Å². The molecular weight excluding hydrogens is 226 g/mol. The van der Waals surface area contributed by atoms with Gasteiger partial charge in [-0.2, -0.15) is 0 Å². The first-order valence-electron chi connectivity index (χ1n) is 7.35. The van der Waals surface area contributed by atoms with Crippen LogP contribution in [0, 0.1) is 17.3 Å². The van der Waals surface area contributed by atoms with E-state index in [0.717, 1.165) is 37.8 Å². The Morgan fingerprint density at radius 1 is 1.39 bits per heavy atom. The van der Waals surface area contributed by atoms with Crippen LogP contribution in [0.25, 0.3) is 0 Å². The van der Waals surface area contributed by atoms with E-state index >= 15 is 0 Å². The number of carboxylic acids is 1. The van der Waals surface area contributed by atoms with Crippen LogP contribution in [0.4, 0.5) is 0 Å². The maximum absolute atomic E-state index is 11.4. The molecule has 0 radical (unpaired) electrons. The summed E-state index contributed by atoms with van der Waals surface area (Å²) in [6.45, 7) is 11.4. The molecule has 0 aliphatic carbocycles. The molecule has 1 N–H and O–H groups in total. The number of rotatable bonds is 6. The molecule has 3 heteroatoms. The molecule has 0 aromatic heterocycles. The van der Waals surface area contributed by atoms with Crippen LogP contribution in [0.5, 0.6) is 0 Å². The van der Waals surface area contributed by atoms with Crippen molar-refractivity contribution < 1.29 is 9.90 Å². The van der Waals surface area contributed by atoms with Crippen LogP contribution in [-0.4, -0.2) is 35.6 Å². The van der Waals surface area contributed by atoms with Gasteiger partial charge in [-0.25, -0.2) is 0 Å². The number of hydrogen-bond acceptors (Lipinski definition) is 2. The monoisotopic (exact) mass is 255 g/mol. The molecule has 3 nitrogen and oxygen atoms in total. The molecule has 0 bridgehead atoms. The third kappa shape index (κ3) is 3.98. The molecule has 0 saturated carbocycles. The SMILES string of the molecule is CCCC(C)(CN1CCC(C(C)C)CC1)C(=O)O. The Kier molecular flexibility index (Phi) is 5.64. The van der Waals surface area contributed by atoms with E-state index < -0.39 is 11.4 Å². The van der Waals surface area contributed by atoms with Crippen LogP contribution >= 0.6 is 0 Å². The Balaban J connectivity index is 2.50. The van der Waals surface area contributed by atoms with Gasteiger partial charge in [0.25, 0.3) is 0 Å². The second-order valence-electron chi connectivity index (χ2n) is 6.47. The summed E-state index contributed by atoms with van der Waals surface area (Å²) in [4.78, 5) is 13.8. The van der Waals surface area contributed by atoms with Gasteiger partial charge in [-0.05, 0) is 51.1 Å². The van der Waals surface area contributed by atoms with Crippen LogP contribution in [0.2, 0.25) is 0 Å². The first-order valence-corrected chi connectivity index (χ1v) is 7.35. The van der Waals surface area contributed by atoms with Gasteiger partial charge in [0.2, 0.25) is 0 Å².